The number of hydrogen-bond acceptors (Lipinski definition) is 3. The van der Waals surface area contributed by atoms with Gasteiger partial charge >= 0.3 is 0 Å². The number of nitrogens with zero attached hydrogens (tertiary/aromatic N) is 1. The van der Waals surface area contributed by atoms with E-state index in [2.05, 4.69) is 29.4 Å². The molecule has 0 spiro atoms. The van der Waals surface area contributed by atoms with Crippen LogP contribution in [0.25, 0.3) is 0 Å². The van der Waals surface area contributed by atoms with Gasteiger partial charge in [-0.3, -0.25) is 0 Å². The maximum Gasteiger partial charge on any atom is 0.145 e. The Morgan fingerprint density at radius 1 is 1.16 bits per heavy atom. The van der Waals surface area contributed by atoms with Crippen LogP contribution >= 0.6 is 0 Å². The number of aromatic nitrogens is 1. The Balaban J connectivity index is 1.61. The minimum absolute atomic E-state index is 0.0582. The molecule has 3 nitrogen and oxygen atoms in total. The predicted molar refractivity (Wildman–Crippen MR) is 70.9 cm³/mol. The molecular formula is C16H17NO2. The summed E-state index contributed by atoms with van der Waals surface area (Å²) in [6, 6.07) is 10.5. The van der Waals surface area contributed by atoms with Gasteiger partial charge in [0.15, 0.2) is 0 Å². The van der Waals surface area contributed by atoms with Gasteiger partial charge in [0.2, 0.25) is 0 Å². The van der Waals surface area contributed by atoms with E-state index in [4.69, 9.17) is 4.52 Å². The molecule has 1 aromatic carbocycles. The van der Waals surface area contributed by atoms with Crippen molar-refractivity contribution in [1.29, 1.82) is 0 Å². The topological polar surface area (TPSA) is 46.3 Å². The normalized spacial score (nSPS) is 25.5. The Morgan fingerprint density at radius 3 is 2.63 bits per heavy atom. The van der Waals surface area contributed by atoms with Crippen molar-refractivity contribution in [2.24, 2.45) is 0 Å². The van der Waals surface area contributed by atoms with Gasteiger partial charge in [0, 0.05) is 17.4 Å². The van der Waals surface area contributed by atoms with Crippen molar-refractivity contribution in [3.05, 3.63) is 52.9 Å². The van der Waals surface area contributed by atoms with Gasteiger partial charge in [0.1, 0.15) is 5.76 Å². The van der Waals surface area contributed by atoms with Gasteiger partial charge in [-0.2, -0.15) is 0 Å². The Labute approximate surface area is 112 Å². The van der Waals surface area contributed by atoms with E-state index >= 15 is 0 Å². The second-order valence-electron chi connectivity index (χ2n) is 5.70. The van der Waals surface area contributed by atoms with Gasteiger partial charge in [-0.15, -0.1) is 0 Å². The molecule has 98 valence electrons. The molecule has 1 heterocycles. The summed E-state index contributed by atoms with van der Waals surface area (Å²) in [7, 11) is 0. The zero-order valence-electron chi connectivity index (χ0n) is 10.7. The number of aliphatic hydroxyl groups excluding tert-OH is 1. The summed E-state index contributed by atoms with van der Waals surface area (Å²) in [6.45, 7) is 0.0582. The largest absolute Gasteiger partial charge is 0.391 e. The molecule has 2 fully saturated rings. The predicted octanol–water partition coefficient (Wildman–Crippen LogP) is 3.32. The lowest BCUT2D eigenvalue weighted by Gasteiger charge is -2.00. The lowest BCUT2D eigenvalue weighted by molar-refractivity contribution is 0.276. The summed E-state index contributed by atoms with van der Waals surface area (Å²) in [6.07, 6.45) is 3.47. The van der Waals surface area contributed by atoms with Crippen LogP contribution in [0.3, 0.4) is 0 Å². The lowest BCUT2D eigenvalue weighted by atomic mass is 10.0. The summed E-state index contributed by atoms with van der Waals surface area (Å²) < 4.78 is 5.49. The highest BCUT2D eigenvalue weighted by atomic mass is 16.5. The van der Waals surface area contributed by atoms with Crippen LogP contribution in [0.15, 0.2) is 34.9 Å². The van der Waals surface area contributed by atoms with E-state index < -0.39 is 0 Å². The molecule has 4 rings (SSSR count). The third-order valence-corrected chi connectivity index (χ3v) is 4.32. The molecular weight excluding hydrogens is 238 g/mol. The summed E-state index contributed by atoms with van der Waals surface area (Å²) >= 11 is 0. The summed E-state index contributed by atoms with van der Waals surface area (Å²) in [4.78, 5) is 0. The second kappa shape index (κ2) is 4.20. The number of benzene rings is 1. The fourth-order valence-corrected chi connectivity index (χ4v) is 3.02. The molecule has 1 aromatic heterocycles. The first-order chi connectivity index (χ1) is 9.38. The standard InChI is InChI=1S/C16H17NO2/c18-9-14-15(17-19-16(14)11-6-7-11)13-8-12(13)10-4-2-1-3-5-10/h1-5,11-13,18H,6-9H2. The zero-order chi connectivity index (χ0) is 12.8. The van der Waals surface area contributed by atoms with Gasteiger partial charge in [-0.25, -0.2) is 0 Å². The molecule has 0 radical (unpaired) electrons. The monoisotopic (exact) mass is 255 g/mol. The van der Waals surface area contributed by atoms with Crippen molar-refractivity contribution in [2.45, 2.75) is 43.6 Å². The van der Waals surface area contributed by atoms with Crippen LogP contribution in [0.5, 0.6) is 0 Å². The van der Waals surface area contributed by atoms with E-state index in [1.165, 1.54) is 18.4 Å². The van der Waals surface area contributed by atoms with Crippen LogP contribution in [0.4, 0.5) is 0 Å². The fourth-order valence-electron chi connectivity index (χ4n) is 3.02. The lowest BCUT2D eigenvalue weighted by Crippen LogP contribution is -1.93. The van der Waals surface area contributed by atoms with Crippen LogP contribution in [-0.4, -0.2) is 10.3 Å². The zero-order valence-corrected chi connectivity index (χ0v) is 10.7. The Kier molecular flexibility index (Phi) is 2.49. The molecule has 0 saturated heterocycles. The van der Waals surface area contributed by atoms with E-state index in [0.717, 1.165) is 23.4 Å². The van der Waals surface area contributed by atoms with Crippen molar-refractivity contribution < 1.29 is 9.63 Å². The van der Waals surface area contributed by atoms with Gasteiger partial charge in [0.05, 0.1) is 12.3 Å². The number of aliphatic hydroxyl groups is 1. The average Bonchev–Trinajstić information content (AvgIpc) is 3.38. The van der Waals surface area contributed by atoms with E-state index in [1.54, 1.807) is 0 Å². The molecule has 2 saturated carbocycles. The van der Waals surface area contributed by atoms with Gasteiger partial charge in [0.25, 0.3) is 0 Å². The summed E-state index contributed by atoms with van der Waals surface area (Å²) in [5.74, 6) is 2.43. The first kappa shape index (κ1) is 11.2. The summed E-state index contributed by atoms with van der Waals surface area (Å²) in [5, 5.41) is 13.8. The van der Waals surface area contributed by atoms with Gasteiger partial charge < -0.3 is 9.63 Å². The highest BCUT2D eigenvalue weighted by Gasteiger charge is 2.44. The van der Waals surface area contributed by atoms with E-state index in [1.807, 2.05) is 6.07 Å². The van der Waals surface area contributed by atoms with Crippen LogP contribution in [0.2, 0.25) is 0 Å². The van der Waals surface area contributed by atoms with Crippen molar-refractivity contribution >= 4 is 0 Å². The fraction of sp³-hybridized carbons (Fsp3) is 0.438. The molecule has 2 aromatic rings. The maximum atomic E-state index is 9.60. The van der Waals surface area contributed by atoms with Crippen LogP contribution in [-0.2, 0) is 6.61 Å². The van der Waals surface area contributed by atoms with Crippen molar-refractivity contribution in [1.82, 2.24) is 5.16 Å². The molecule has 2 aliphatic rings. The molecule has 3 heteroatoms. The Bertz CT molecular complexity index is 586. The quantitative estimate of drug-likeness (QED) is 0.911. The molecule has 2 aliphatic carbocycles. The molecule has 0 bridgehead atoms. The Morgan fingerprint density at radius 2 is 1.95 bits per heavy atom. The summed E-state index contributed by atoms with van der Waals surface area (Å²) in [5.41, 5.74) is 3.33. The Hall–Kier alpha value is -1.61. The van der Waals surface area contributed by atoms with E-state index in [0.29, 0.717) is 17.8 Å². The molecule has 0 amide bonds. The van der Waals surface area contributed by atoms with E-state index in [-0.39, 0.29) is 6.61 Å². The van der Waals surface area contributed by atoms with Crippen molar-refractivity contribution in [2.75, 3.05) is 0 Å². The third-order valence-electron chi connectivity index (χ3n) is 4.32. The smallest absolute Gasteiger partial charge is 0.145 e. The van der Waals surface area contributed by atoms with Crippen LogP contribution < -0.4 is 0 Å². The molecule has 0 aliphatic heterocycles. The second-order valence-corrected chi connectivity index (χ2v) is 5.70. The first-order valence-corrected chi connectivity index (χ1v) is 7.02. The van der Waals surface area contributed by atoms with Crippen molar-refractivity contribution in [3.63, 3.8) is 0 Å². The minimum atomic E-state index is 0.0582. The number of rotatable bonds is 4. The minimum Gasteiger partial charge on any atom is -0.391 e. The third kappa shape index (κ3) is 1.89. The van der Waals surface area contributed by atoms with Crippen LogP contribution in [0, 0.1) is 0 Å². The molecule has 19 heavy (non-hydrogen) atoms. The van der Waals surface area contributed by atoms with E-state index in [9.17, 15) is 5.11 Å². The van der Waals surface area contributed by atoms with Gasteiger partial charge in [-0.1, -0.05) is 35.5 Å². The molecule has 1 N–H and O–H groups in total. The van der Waals surface area contributed by atoms with Crippen LogP contribution in [0.1, 0.15) is 59.6 Å². The van der Waals surface area contributed by atoms with Crippen molar-refractivity contribution in [3.8, 4) is 0 Å². The average molecular weight is 255 g/mol. The molecule has 2 unspecified atom stereocenters. The SMILES string of the molecule is OCc1c(C2CC2c2ccccc2)noc1C1CC1. The maximum absolute atomic E-state index is 9.60. The van der Waals surface area contributed by atoms with Gasteiger partial charge in [-0.05, 0) is 30.7 Å². The highest BCUT2D eigenvalue weighted by Crippen LogP contribution is 2.56. The first-order valence-electron chi connectivity index (χ1n) is 7.02. The number of hydrogen-bond donors (Lipinski definition) is 1. The highest BCUT2D eigenvalue weighted by molar-refractivity contribution is 5.39. The molecule has 2 atom stereocenters.